The minimum absolute atomic E-state index is 0.242. The van der Waals surface area contributed by atoms with Crippen molar-refractivity contribution in [3.8, 4) is 5.69 Å². The van der Waals surface area contributed by atoms with Gasteiger partial charge in [-0.05, 0) is 31.5 Å². The van der Waals surface area contributed by atoms with Gasteiger partial charge in [-0.3, -0.25) is 9.88 Å². The van der Waals surface area contributed by atoms with E-state index in [0.29, 0.717) is 0 Å². The molecule has 2 aromatic heterocycles. The van der Waals surface area contributed by atoms with Crippen molar-refractivity contribution in [1.29, 1.82) is 0 Å². The highest BCUT2D eigenvalue weighted by atomic mass is 16.1. The molecular formula is C16H19N7O. The van der Waals surface area contributed by atoms with Crippen molar-refractivity contribution in [3.05, 3.63) is 58.5 Å². The second-order valence-corrected chi connectivity index (χ2v) is 6.11. The molecule has 24 heavy (non-hydrogen) atoms. The van der Waals surface area contributed by atoms with E-state index in [2.05, 4.69) is 30.4 Å². The standard InChI is InChI=1S/C16H19N7O/c24-16-18-15(19-20-16)12-5-4-8-22(10-12)11-14-9-17-21-23(14)13-6-2-1-3-7-13/h1-3,6-7,9,12H,4-5,8,10-11H2,(H2,18,19,20,24). The van der Waals surface area contributed by atoms with Crippen LogP contribution in [0, 0.1) is 0 Å². The van der Waals surface area contributed by atoms with Gasteiger partial charge in [0.25, 0.3) is 0 Å². The molecule has 0 amide bonds. The average Bonchev–Trinajstić information content (AvgIpc) is 3.25. The Labute approximate surface area is 138 Å². The lowest BCUT2D eigenvalue weighted by atomic mass is 9.97. The molecule has 0 saturated carbocycles. The third-order valence-corrected chi connectivity index (χ3v) is 4.42. The molecule has 0 radical (unpaired) electrons. The van der Waals surface area contributed by atoms with Crippen molar-refractivity contribution in [2.45, 2.75) is 25.3 Å². The van der Waals surface area contributed by atoms with Gasteiger partial charge >= 0.3 is 5.69 Å². The number of hydrogen-bond donors (Lipinski definition) is 2. The third-order valence-electron chi connectivity index (χ3n) is 4.42. The molecular weight excluding hydrogens is 306 g/mol. The van der Waals surface area contributed by atoms with Gasteiger partial charge in [-0.2, -0.15) is 5.10 Å². The van der Waals surface area contributed by atoms with Gasteiger partial charge in [0.2, 0.25) is 0 Å². The third kappa shape index (κ3) is 3.00. The van der Waals surface area contributed by atoms with E-state index in [-0.39, 0.29) is 11.6 Å². The van der Waals surface area contributed by atoms with Crippen LogP contribution in [0.25, 0.3) is 5.69 Å². The number of nitrogens with zero attached hydrogens (tertiary/aromatic N) is 5. The van der Waals surface area contributed by atoms with E-state index in [1.165, 1.54) is 0 Å². The summed E-state index contributed by atoms with van der Waals surface area (Å²) in [5, 5.41) is 14.8. The van der Waals surface area contributed by atoms with Crippen molar-refractivity contribution >= 4 is 0 Å². The summed E-state index contributed by atoms with van der Waals surface area (Å²) in [4.78, 5) is 16.4. The molecule has 1 aliphatic rings. The highest BCUT2D eigenvalue weighted by Crippen LogP contribution is 2.25. The quantitative estimate of drug-likeness (QED) is 0.748. The number of H-pyrrole nitrogens is 2. The van der Waals surface area contributed by atoms with Crippen molar-refractivity contribution in [3.63, 3.8) is 0 Å². The summed E-state index contributed by atoms with van der Waals surface area (Å²) in [7, 11) is 0. The van der Waals surface area contributed by atoms with Crippen LogP contribution in [-0.4, -0.2) is 48.2 Å². The van der Waals surface area contributed by atoms with Crippen molar-refractivity contribution in [2.24, 2.45) is 0 Å². The number of rotatable bonds is 4. The van der Waals surface area contributed by atoms with E-state index in [4.69, 9.17) is 0 Å². The van der Waals surface area contributed by atoms with Crippen LogP contribution in [0.3, 0.4) is 0 Å². The molecule has 8 heteroatoms. The van der Waals surface area contributed by atoms with Gasteiger partial charge in [0.05, 0.1) is 17.6 Å². The van der Waals surface area contributed by atoms with Gasteiger partial charge in [0.1, 0.15) is 5.82 Å². The zero-order valence-corrected chi connectivity index (χ0v) is 13.2. The van der Waals surface area contributed by atoms with Gasteiger partial charge in [-0.1, -0.05) is 23.4 Å². The zero-order valence-electron chi connectivity index (χ0n) is 13.2. The topological polar surface area (TPSA) is 95.5 Å². The van der Waals surface area contributed by atoms with Gasteiger partial charge < -0.3 is 0 Å². The molecule has 124 valence electrons. The monoisotopic (exact) mass is 325 g/mol. The fourth-order valence-electron chi connectivity index (χ4n) is 3.28. The summed E-state index contributed by atoms with van der Waals surface area (Å²) >= 11 is 0. The molecule has 1 fully saturated rings. The van der Waals surface area contributed by atoms with Crippen molar-refractivity contribution in [1.82, 2.24) is 35.1 Å². The molecule has 1 unspecified atom stereocenters. The maximum Gasteiger partial charge on any atom is 0.340 e. The van der Waals surface area contributed by atoms with Crippen LogP contribution in [-0.2, 0) is 6.54 Å². The first kappa shape index (κ1) is 14.8. The van der Waals surface area contributed by atoms with Gasteiger partial charge in [-0.25, -0.2) is 14.6 Å². The van der Waals surface area contributed by atoms with E-state index in [0.717, 1.165) is 49.7 Å². The Morgan fingerprint density at radius 1 is 1.25 bits per heavy atom. The molecule has 3 heterocycles. The first-order valence-corrected chi connectivity index (χ1v) is 8.11. The molecule has 4 rings (SSSR count). The zero-order chi connectivity index (χ0) is 16.4. The molecule has 0 bridgehead atoms. The lowest BCUT2D eigenvalue weighted by molar-refractivity contribution is 0.193. The average molecular weight is 325 g/mol. The number of aromatic amines is 2. The maximum atomic E-state index is 11.3. The Bertz CT molecular complexity index is 850. The molecule has 1 aliphatic heterocycles. The van der Waals surface area contributed by atoms with E-state index in [1.54, 1.807) is 0 Å². The number of aromatic nitrogens is 6. The minimum atomic E-state index is -0.242. The molecule has 0 aliphatic carbocycles. The maximum absolute atomic E-state index is 11.3. The van der Waals surface area contributed by atoms with E-state index >= 15 is 0 Å². The van der Waals surface area contributed by atoms with Crippen LogP contribution in [0.2, 0.25) is 0 Å². The number of benzene rings is 1. The molecule has 2 N–H and O–H groups in total. The number of para-hydroxylation sites is 1. The minimum Gasteiger partial charge on any atom is -0.297 e. The number of nitrogens with one attached hydrogen (secondary N) is 2. The number of likely N-dealkylation sites (tertiary alicyclic amines) is 1. The van der Waals surface area contributed by atoms with Crippen LogP contribution in [0.15, 0.2) is 41.3 Å². The van der Waals surface area contributed by atoms with E-state index < -0.39 is 0 Å². The van der Waals surface area contributed by atoms with Gasteiger partial charge in [0.15, 0.2) is 0 Å². The summed E-state index contributed by atoms with van der Waals surface area (Å²) in [6.07, 6.45) is 3.92. The van der Waals surface area contributed by atoms with Crippen LogP contribution in [0.4, 0.5) is 0 Å². The number of piperidine rings is 1. The Balaban J connectivity index is 1.50. The first-order chi connectivity index (χ1) is 11.8. The van der Waals surface area contributed by atoms with Crippen LogP contribution < -0.4 is 5.69 Å². The Hall–Kier alpha value is -2.74. The van der Waals surface area contributed by atoms with Gasteiger partial charge in [0, 0.05) is 19.0 Å². The summed E-state index contributed by atoms with van der Waals surface area (Å²) in [6, 6.07) is 10.0. The van der Waals surface area contributed by atoms with E-state index in [1.807, 2.05) is 41.2 Å². The van der Waals surface area contributed by atoms with Crippen LogP contribution in [0.5, 0.6) is 0 Å². The predicted octanol–water partition coefficient (Wildman–Crippen LogP) is 1.06. The molecule has 1 saturated heterocycles. The fraction of sp³-hybridized carbons (Fsp3) is 0.375. The fourth-order valence-corrected chi connectivity index (χ4v) is 3.28. The van der Waals surface area contributed by atoms with Crippen molar-refractivity contribution < 1.29 is 0 Å². The van der Waals surface area contributed by atoms with Crippen LogP contribution in [0.1, 0.15) is 30.3 Å². The summed E-state index contributed by atoms with van der Waals surface area (Å²) in [5.41, 5.74) is 1.82. The smallest absolute Gasteiger partial charge is 0.297 e. The number of hydrogen-bond acceptors (Lipinski definition) is 5. The Morgan fingerprint density at radius 3 is 2.92 bits per heavy atom. The SMILES string of the molecule is O=c1[nH]nc(C2CCCN(Cc3cnnn3-c3ccccc3)C2)[nH]1. The molecule has 8 nitrogen and oxygen atoms in total. The second-order valence-electron chi connectivity index (χ2n) is 6.11. The highest BCUT2D eigenvalue weighted by Gasteiger charge is 2.24. The lowest BCUT2D eigenvalue weighted by Gasteiger charge is -2.31. The van der Waals surface area contributed by atoms with E-state index in [9.17, 15) is 4.79 Å². The van der Waals surface area contributed by atoms with Gasteiger partial charge in [-0.15, -0.1) is 5.10 Å². The molecule has 0 spiro atoms. The second kappa shape index (κ2) is 6.40. The Kier molecular flexibility index (Phi) is 3.96. The highest BCUT2D eigenvalue weighted by molar-refractivity contribution is 5.31. The van der Waals surface area contributed by atoms with Crippen LogP contribution >= 0.6 is 0 Å². The largest absolute Gasteiger partial charge is 0.340 e. The first-order valence-electron chi connectivity index (χ1n) is 8.11. The lowest BCUT2D eigenvalue weighted by Crippen LogP contribution is -2.35. The molecule has 1 aromatic carbocycles. The van der Waals surface area contributed by atoms with Crippen molar-refractivity contribution in [2.75, 3.05) is 13.1 Å². The molecule has 3 aromatic rings. The molecule has 1 atom stereocenters. The summed E-state index contributed by atoms with van der Waals surface area (Å²) in [5.74, 6) is 0.998. The summed E-state index contributed by atoms with van der Waals surface area (Å²) in [6.45, 7) is 2.65. The summed E-state index contributed by atoms with van der Waals surface area (Å²) < 4.78 is 1.88. The normalized spacial score (nSPS) is 18.8. The Morgan fingerprint density at radius 2 is 2.12 bits per heavy atom. The predicted molar refractivity (Wildman–Crippen MR) is 87.8 cm³/mol.